The van der Waals surface area contributed by atoms with Gasteiger partial charge in [0.2, 0.25) is 0 Å². The minimum Gasteiger partial charge on any atom is -0.379 e. The molecule has 0 spiro atoms. The molecule has 1 saturated heterocycles. The molecule has 1 aliphatic rings. The summed E-state index contributed by atoms with van der Waals surface area (Å²) in [5.74, 6) is 0. The summed E-state index contributed by atoms with van der Waals surface area (Å²) in [7, 11) is 0. The Kier molecular flexibility index (Phi) is 4.09. The summed E-state index contributed by atoms with van der Waals surface area (Å²) >= 11 is 1.70. The van der Waals surface area contributed by atoms with Crippen molar-refractivity contribution in [2.24, 2.45) is 0 Å². The molecule has 16 heavy (non-hydrogen) atoms. The van der Waals surface area contributed by atoms with E-state index >= 15 is 0 Å². The summed E-state index contributed by atoms with van der Waals surface area (Å²) in [6, 6.07) is 0.464. The number of hydrogen-bond donors (Lipinski definition) is 1. The van der Waals surface area contributed by atoms with E-state index in [-0.39, 0.29) is 0 Å². The molecule has 1 unspecified atom stereocenters. The number of nitrogens with zero attached hydrogens (tertiary/aromatic N) is 1. The molecule has 1 aromatic heterocycles. The molecule has 0 aliphatic carbocycles. The van der Waals surface area contributed by atoms with E-state index in [4.69, 9.17) is 4.74 Å². The summed E-state index contributed by atoms with van der Waals surface area (Å²) in [5, 5.41) is 6.65. The predicted molar refractivity (Wildman–Crippen MR) is 67.7 cm³/mol. The Labute approximate surface area is 101 Å². The Bertz CT molecular complexity index is 367. The van der Waals surface area contributed by atoms with Gasteiger partial charge in [-0.25, -0.2) is 4.98 Å². The fraction of sp³-hybridized carbons (Fsp3) is 0.583. The maximum atomic E-state index is 5.43. The molecule has 4 heteroatoms. The number of rotatable bonds is 3. The van der Waals surface area contributed by atoms with Gasteiger partial charge in [0.15, 0.2) is 0 Å². The third-order valence-corrected chi connectivity index (χ3v) is 3.48. The molecule has 1 atom stereocenters. The number of ether oxygens (including phenoxy) is 1. The maximum Gasteiger partial charge on any atom is 0.116 e. The van der Waals surface area contributed by atoms with Gasteiger partial charge in [-0.1, -0.05) is 5.57 Å². The molecule has 1 aromatic rings. The zero-order valence-corrected chi connectivity index (χ0v) is 10.6. The molecule has 88 valence electrons. The predicted octanol–water partition coefficient (Wildman–Crippen LogP) is 2.23. The second kappa shape index (κ2) is 5.57. The van der Waals surface area contributed by atoms with Crippen molar-refractivity contribution in [3.63, 3.8) is 0 Å². The van der Waals surface area contributed by atoms with Crippen molar-refractivity contribution < 1.29 is 4.74 Å². The third kappa shape index (κ3) is 3.40. The van der Waals surface area contributed by atoms with Crippen LogP contribution < -0.4 is 5.32 Å². The zero-order chi connectivity index (χ0) is 11.4. The highest BCUT2D eigenvalue weighted by Crippen LogP contribution is 2.16. The standard InChI is InChI=1S/C12H18N2OS/c1-9(5-11-7-15-4-3-13-11)6-12-14-10(2)8-16-12/h6,8,11,13H,3-5,7H2,1-2H3. The van der Waals surface area contributed by atoms with E-state index in [2.05, 4.69) is 28.7 Å². The van der Waals surface area contributed by atoms with E-state index in [0.717, 1.165) is 36.9 Å². The molecule has 2 rings (SSSR count). The van der Waals surface area contributed by atoms with Crippen LogP contribution in [0.1, 0.15) is 24.0 Å². The SMILES string of the molecule is CC(=Cc1nc(C)cs1)CC1COCCN1. The number of morpholine rings is 1. The zero-order valence-electron chi connectivity index (χ0n) is 9.82. The van der Waals surface area contributed by atoms with Crippen LogP contribution in [0.3, 0.4) is 0 Å². The number of aryl methyl sites for hydroxylation is 1. The lowest BCUT2D eigenvalue weighted by Gasteiger charge is -2.23. The highest BCUT2D eigenvalue weighted by molar-refractivity contribution is 7.10. The summed E-state index contributed by atoms with van der Waals surface area (Å²) < 4.78 is 5.43. The smallest absolute Gasteiger partial charge is 0.116 e. The van der Waals surface area contributed by atoms with Gasteiger partial charge in [0.1, 0.15) is 5.01 Å². The van der Waals surface area contributed by atoms with Crippen molar-refractivity contribution in [2.45, 2.75) is 26.3 Å². The van der Waals surface area contributed by atoms with Crippen LogP contribution in [0.15, 0.2) is 11.0 Å². The second-order valence-electron chi connectivity index (χ2n) is 4.25. The van der Waals surface area contributed by atoms with Crippen LogP contribution in [-0.2, 0) is 4.74 Å². The van der Waals surface area contributed by atoms with Gasteiger partial charge >= 0.3 is 0 Å². The fourth-order valence-corrected chi connectivity index (χ4v) is 2.66. The van der Waals surface area contributed by atoms with Crippen LogP contribution in [0, 0.1) is 6.92 Å². The van der Waals surface area contributed by atoms with E-state index in [1.54, 1.807) is 11.3 Å². The van der Waals surface area contributed by atoms with Crippen molar-refractivity contribution >= 4 is 17.4 Å². The van der Waals surface area contributed by atoms with Gasteiger partial charge in [-0.2, -0.15) is 0 Å². The van der Waals surface area contributed by atoms with Crippen molar-refractivity contribution in [1.82, 2.24) is 10.3 Å². The van der Waals surface area contributed by atoms with Crippen LogP contribution in [0.4, 0.5) is 0 Å². The average molecular weight is 238 g/mol. The first-order valence-corrected chi connectivity index (χ1v) is 6.52. The normalized spacial score (nSPS) is 22.4. The average Bonchev–Trinajstić information content (AvgIpc) is 2.65. The van der Waals surface area contributed by atoms with Gasteiger partial charge in [0, 0.05) is 23.7 Å². The molecular weight excluding hydrogens is 220 g/mol. The van der Waals surface area contributed by atoms with Gasteiger partial charge in [0.25, 0.3) is 0 Å². The van der Waals surface area contributed by atoms with Crippen LogP contribution in [-0.4, -0.2) is 30.8 Å². The monoisotopic (exact) mass is 238 g/mol. The molecule has 3 nitrogen and oxygen atoms in total. The Morgan fingerprint density at radius 1 is 1.75 bits per heavy atom. The summed E-state index contributed by atoms with van der Waals surface area (Å²) in [6.45, 7) is 6.81. The van der Waals surface area contributed by atoms with Gasteiger partial charge in [-0.15, -0.1) is 11.3 Å². The van der Waals surface area contributed by atoms with Crippen molar-refractivity contribution in [3.05, 3.63) is 21.7 Å². The highest BCUT2D eigenvalue weighted by atomic mass is 32.1. The van der Waals surface area contributed by atoms with Crippen LogP contribution in [0.5, 0.6) is 0 Å². The molecule has 2 heterocycles. The maximum absolute atomic E-state index is 5.43. The lowest BCUT2D eigenvalue weighted by atomic mass is 10.1. The molecule has 1 aliphatic heterocycles. The Morgan fingerprint density at radius 3 is 3.25 bits per heavy atom. The minimum atomic E-state index is 0.464. The quantitative estimate of drug-likeness (QED) is 0.877. The summed E-state index contributed by atoms with van der Waals surface area (Å²) in [6.07, 6.45) is 3.21. The first-order valence-electron chi connectivity index (χ1n) is 5.64. The molecule has 0 bridgehead atoms. The molecule has 0 radical (unpaired) electrons. The number of hydrogen-bond acceptors (Lipinski definition) is 4. The molecule has 0 saturated carbocycles. The Hall–Kier alpha value is -0.710. The van der Waals surface area contributed by atoms with E-state index in [9.17, 15) is 0 Å². The Balaban J connectivity index is 1.91. The Morgan fingerprint density at radius 2 is 2.62 bits per heavy atom. The molecule has 1 N–H and O–H groups in total. The second-order valence-corrected chi connectivity index (χ2v) is 5.14. The van der Waals surface area contributed by atoms with Crippen LogP contribution >= 0.6 is 11.3 Å². The number of nitrogens with one attached hydrogen (secondary N) is 1. The number of thiazole rings is 1. The van der Waals surface area contributed by atoms with E-state index in [1.807, 2.05) is 6.92 Å². The van der Waals surface area contributed by atoms with Gasteiger partial charge in [-0.05, 0) is 26.3 Å². The highest BCUT2D eigenvalue weighted by Gasteiger charge is 2.13. The van der Waals surface area contributed by atoms with E-state index in [1.165, 1.54) is 5.57 Å². The summed E-state index contributed by atoms with van der Waals surface area (Å²) in [4.78, 5) is 4.43. The first kappa shape index (κ1) is 11.8. The lowest BCUT2D eigenvalue weighted by molar-refractivity contribution is 0.0771. The molecule has 1 fully saturated rings. The topological polar surface area (TPSA) is 34.1 Å². The minimum absolute atomic E-state index is 0.464. The van der Waals surface area contributed by atoms with Crippen molar-refractivity contribution in [1.29, 1.82) is 0 Å². The van der Waals surface area contributed by atoms with Gasteiger partial charge in [0.05, 0.1) is 13.2 Å². The molecule has 0 aromatic carbocycles. The summed E-state index contributed by atoms with van der Waals surface area (Å²) in [5.41, 5.74) is 2.46. The van der Waals surface area contributed by atoms with Gasteiger partial charge in [-0.3, -0.25) is 0 Å². The molecule has 0 amide bonds. The van der Waals surface area contributed by atoms with Crippen molar-refractivity contribution in [2.75, 3.05) is 19.8 Å². The van der Waals surface area contributed by atoms with E-state index in [0.29, 0.717) is 6.04 Å². The fourth-order valence-electron chi connectivity index (χ4n) is 1.85. The van der Waals surface area contributed by atoms with Crippen LogP contribution in [0.25, 0.3) is 6.08 Å². The van der Waals surface area contributed by atoms with Crippen molar-refractivity contribution in [3.8, 4) is 0 Å². The lowest BCUT2D eigenvalue weighted by Crippen LogP contribution is -2.41. The molecular formula is C12H18N2OS. The van der Waals surface area contributed by atoms with E-state index < -0.39 is 0 Å². The van der Waals surface area contributed by atoms with Gasteiger partial charge < -0.3 is 10.1 Å². The van der Waals surface area contributed by atoms with Crippen LogP contribution in [0.2, 0.25) is 0 Å². The third-order valence-electron chi connectivity index (χ3n) is 2.57. The first-order chi connectivity index (χ1) is 7.74. The number of aromatic nitrogens is 1. The largest absolute Gasteiger partial charge is 0.379 e.